The van der Waals surface area contributed by atoms with E-state index in [0.717, 1.165) is 43.0 Å². The highest BCUT2D eigenvalue weighted by atomic mass is 16.5. The van der Waals surface area contributed by atoms with Gasteiger partial charge in [-0.2, -0.15) is 5.10 Å². The van der Waals surface area contributed by atoms with Crippen LogP contribution >= 0.6 is 0 Å². The van der Waals surface area contributed by atoms with Crippen molar-refractivity contribution in [2.45, 2.75) is 13.0 Å². The molecule has 1 atom stereocenters. The zero-order valence-electron chi connectivity index (χ0n) is 10.6. The second-order valence-electron chi connectivity index (χ2n) is 4.66. The molecule has 0 radical (unpaired) electrons. The van der Waals surface area contributed by atoms with Crippen LogP contribution in [-0.2, 0) is 11.3 Å². The molecular weight excluding hydrogens is 246 g/mol. The van der Waals surface area contributed by atoms with Gasteiger partial charge >= 0.3 is 0 Å². The minimum atomic E-state index is 0.0446. The van der Waals surface area contributed by atoms with Crippen molar-refractivity contribution in [1.29, 1.82) is 0 Å². The maximum Gasteiger partial charge on any atom is 0.163 e. The normalized spacial score (nSPS) is 19.1. The van der Waals surface area contributed by atoms with Crippen molar-refractivity contribution in [3.8, 4) is 0 Å². The number of aliphatic hydroxyl groups is 1. The highest BCUT2D eigenvalue weighted by molar-refractivity contribution is 5.85. The Hall–Kier alpha value is -1.73. The molecule has 2 N–H and O–H groups in total. The van der Waals surface area contributed by atoms with Crippen LogP contribution in [0.15, 0.2) is 12.5 Å². The SMILES string of the molecule is OCCn1ncc2c(NC[C@@H]3CCOC3)ncnc21. The number of fused-ring (bicyclic) bond motifs is 1. The van der Waals surface area contributed by atoms with Crippen molar-refractivity contribution in [3.05, 3.63) is 12.5 Å². The van der Waals surface area contributed by atoms with Gasteiger partial charge < -0.3 is 15.2 Å². The molecule has 0 unspecified atom stereocenters. The Balaban J connectivity index is 1.78. The first kappa shape index (κ1) is 12.3. The highest BCUT2D eigenvalue weighted by Crippen LogP contribution is 2.20. The molecule has 0 saturated carbocycles. The summed E-state index contributed by atoms with van der Waals surface area (Å²) in [5.74, 6) is 1.33. The third-order valence-electron chi connectivity index (χ3n) is 3.33. The number of nitrogens with zero attached hydrogens (tertiary/aromatic N) is 4. The lowest BCUT2D eigenvalue weighted by Crippen LogP contribution is -2.15. The van der Waals surface area contributed by atoms with Gasteiger partial charge in [-0.25, -0.2) is 14.6 Å². The van der Waals surface area contributed by atoms with E-state index in [1.54, 1.807) is 10.9 Å². The molecule has 0 amide bonds. The second kappa shape index (κ2) is 5.50. The van der Waals surface area contributed by atoms with Crippen molar-refractivity contribution in [1.82, 2.24) is 19.7 Å². The average Bonchev–Trinajstić information content (AvgIpc) is 3.07. The van der Waals surface area contributed by atoms with Gasteiger partial charge in [0.15, 0.2) is 5.65 Å². The van der Waals surface area contributed by atoms with E-state index in [1.807, 2.05) is 0 Å². The lowest BCUT2D eigenvalue weighted by atomic mass is 10.1. The number of aromatic nitrogens is 4. The Labute approximate surface area is 110 Å². The predicted molar refractivity (Wildman–Crippen MR) is 69.8 cm³/mol. The molecule has 0 bridgehead atoms. The summed E-state index contributed by atoms with van der Waals surface area (Å²) >= 11 is 0. The third-order valence-corrected chi connectivity index (χ3v) is 3.33. The number of rotatable bonds is 5. The Morgan fingerprint density at radius 2 is 2.42 bits per heavy atom. The summed E-state index contributed by atoms with van der Waals surface area (Å²) in [5.41, 5.74) is 0.745. The molecule has 2 aromatic heterocycles. The topological polar surface area (TPSA) is 85.1 Å². The Morgan fingerprint density at radius 3 is 3.21 bits per heavy atom. The van der Waals surface area contributed by atoms with Crippen LogP contribution < -0.4 is 5.32 Å². The molecule has 7 heteroatoms. The monoisotopic (exact) mass is 263 g/mol. The molecule has 3 rings (SSSR count). The van der Waals surface area contributed by atoms with E-state index < -0.39 is 0 Å². The van der Waals surface area contributed by atoms with Gasteiger partial charge in [-0.3, -0.25) is 0 Å². The summed E-state index contributed by atoms with van der Waals surface area (Å²) in [6.07, 6.45) is 4.34. The molecule has 7 nitrogen and oxygen atoms in total. The number of aliphatic hydroxyl groups excluding tert-OH is 1. The first-order valence-electron chi connectivity index (χ1n) is 6.47. The largest absolute Gasteiger partial charge is 0.394 e. The van der Waals surface area contributed by atoms with Crippen LogP contribution in [-0.4, -0.2) is 51.2 Å². The molecule has 0 spiro atoms. The Bertz CT molecular complexity index is 550. The van der Waals surface area contributed by atoms with Gasteiger partial charge in [-0.15, -0.1) is 0 Å². The number of anilines is 1. The van der Waals surface area contributed by atoms with Crippen molar-refractivity contribution >= 4 is 16.9 Å². The molecule has 102 valence electrons. The summed E-state index contributed by atoms with van der Waals surface area (Å²) in [4.78, 5) is 8.48. The molecule has 0 aliphatic carbocycles. The molecule has 1 saturated heterocycles. The van der Waals surface area contributed by atoms with Crippen LogP contribution in [0.25, 0.3) is 11.0 Å². The minimum Gasteiger partial charge on any atom is -0.394 e. The van der Waals surface area contributed by atoms with Crippen molar-refractivity contribution in [2.24, 2.45) is 5.92 Å². The van der Waals surface area contributed by atoms with E-state index in [2.05, 4.69) is 20.4 Å². The van der Waals surface area contributed by atoms with E-state index in [9.17, 15) is 0 Å². The molecule has 19 heavy (non-hydrogen) atoms. The van der Waals surface area contributed by atoms with E-state index in [-0.39, 0.29) is 6.61 Å². The number of nitrogens with one attached hydrogen (secondary N) is 1. The lowest BCUT2D eigenvalue weighted by Gasteiger charge is -2.10. The summed E-state index contributed by atoms with van der Waals surface area (Å²) < 4.78 is 7.03. The minimum absolute atomic E-state index is 0.0446. The van der Waals surface area contributed by atoms with Crippen LogP contribution in [0.4, 0.5) is 5.82 Å². The molecule has 3 heterocycles. The second-order valence-corrected chi connectivity index (χ2v) is 4.66. The van der Waals surface area contributed by atoms with Crippen LogP contribution in [0.1, 0.15) is 6.42 Å². The van der Waals surface area contributed by atoms with Gasteiger partial charge in [0.25, 0.3) is 0 Å². The first-order valence-corrected chi connectivity index (χ1v) is 6.47. The maximum absolute atomic E-state index is 8.98. The zero-order valence-corrected chi connectivity index (χ0v) is 10.6. The lowest BCUT2D eigenvalue weighted by molar-refractivity contribution is 0.187. The summed E-state index contributed by atoms with van der Waals surface area (Å²) in [6.45, 7) is 2.99. The van der Waals surface area contributed by atoms with Gasteiger partial charge in [-0.1, -0.05) is 0 Å². The van der Waals surface area contributed by atoms with Gasteiger partial charge in [-0.05, 0) is 6.42 Å². The molecular formula is C12H17N5O2. The van der Waals surface area contributed by atoms with Crippen molar-refractivity contribution < 1.29 is 9.84 Å². The standard InChI is InChI=1S/C12H17N5O2/c18-3-2-17-12-10(6-16-17)11(14-8-15-12)13-5-9-1-4-19-7-9/h6,8-9,18H,1-5,7H2,(H,13,14,15)/t9-/m0/s1. The maximum atomic E-state index is 8.98. The fourth-order valence-corrected chi connectivity index (χ4v) is 2.28. The van der Waals surface area contributed by atoms with E-state index >= 15 is 0 Å². The average molecular weight is 263 g/mol. The van der Waals surface area contributed by atoms with Gasteiger partial charge in [0.2, 0.25) is 0 Å². The van der Waals surface area contributed by atoms with Gasteiger partial charge in [0.05, 0.1) is 31.3 Å². The summed E-state index contributed by atoms with van der Waals surface area (Å²) in [7, 11) is 0. The third kappa shape index (κ3) is 2.52. The summed E-state index contributed by atoms with van der Waals surface area (Å²) in [6, 6.07) is 0. The Morgan fingerprint density at radius 1 is 1.47 bits per heavy atom. The molecule has 1 aliphatic rings. The van der Waals surface area contributed by atoms with Gasteiger partial charge in [0.1, 0.15) is 12.1 Å². The van der Waals surface area contributed by atoms with Gasteiger partial charge in [0, 0.05) is 19.1 Å². The smallest absolute Gasteiger partial charge is 0.163 e. The van der Waals surface area contributed by atoms with Crippen molar-refractivity contribution in [3.63, 3.8) is 0 Å². The molecule has 0 aromatic carbocycles. The van der Waals surface area contributed by atoms with Crippen molar-refractivity contribution in [2.75, 3.05) is 31.7 Å². The number of ether oxygens (including phenoxy) is 1. The van der Waals surface area contributed by atoms with Crippen LogP contribution in [0.2, 0.25) is 0 Å². The van der Waals surface area contributed by atoms with Crippen LogP contribution in [0, 0.1) is 5.92 Å². The van der Waals surface area contributed by atoms with E-state index in [4.69, 9.17) is 9.84 Å². The fraction of sp³-hybridized carbons (Fsp3) is 0.583. The number of hydrogen-bond donors (Lipinski definition) is 2. The quantitative estimate of drug-likeness (QED) is 0.805. The predicted octanol–water partition coefficient (Wildman–Crippen LogP) is 0.267. The molecule has 2 aromatic rings. The Kier molecular flexibility index (Phi) is 3.56. The zero-order chi connectivity index (χ0) is 13.1. The van der Waals surface area contributed by atoms with E-state index in [1.165, 1.54) is 6.33 Å². The first-order chi connectivity index (χ1) is 9.38. The fourth-order valence-electron chi connectivity index (χ4n) is 2.28. The van der Waals surface area contributed by atoms with Crippen LogP contribution in [0.5, 0.6) is 0 Å². The van der Waals surface area contributed by atoms with E-state index in [0.29, 0.717) is 12.5 Å². The van der Waals surface area contributed by atoms with Crippen LogP contribution in [0.3, 0.4) is 0 Å². The molecule has 1 fully saturated rings. The highest BCUT2D eigenvalue weighted by Gasteiger charge is 2.16. The number of hydrogen-bond acceptors (Lipinski definition) is 6. The molecule has 1 aliphatic heterocycles. The summed E-state index contributed by atoms with van der Waals surface area (Å²) in [5, 5.41) is 17.4.